The van der Waals surface area contributed by atoms with Crippen LogP contribution >= 0.6 is 11.3 Å². The fraction of sp³-hybridized carbons (Fsp3) is 0.522. The summed E-state index contributed by atoms with van der Waals surface area (Å²) in [5, 5.41) is 7.45. The van der Waals surface area contributed by atoms with E-state index in [1.807, 2.05) is 24.4 Å². The largest absolute Gasteiger partial charge is 0.384 e. The Hall–Kier alpha value is -2.41. The van der Waals surface area contributed by atoms with Gasteiger partial charge in [0.05, 0.1) is 0 Å². The lowest BCUT2D eigenvalue weighted by Crippen LogP contribution is -2.13. The molecule has 3 heterocycles. The maximum absolute atomic E-state index is 5.54. The van der Waals surface area contributed by atoms with Crippen LogP contribution in [0.5, 0.6) is 0 Å². The van der Waals surface area contributed by atoms with Crippen molar-refractivity contribution in [3.8, 4) is 0 Å². The van der Waals surface area contributed by atoms with Gasteiger partial charge in [-0.2, -0.15) is 5.10 Å². The molecule has 0 amide bonds. The first kappa shape index (κ1) is 25.6. The minimum Gasteiger partial charge on any atom is -0.384 e. The summed E-state index contributed by atoms with van der Waals surface area (Å²) in [6.07, 6.45) is 3.63. The topological polar surface area (TPSA) is 106 Å². The van der Waals surface area contributed by atoms with Gasteiger partial charge in [0.15, 0.2) is 5.13 Å². The number of nitrogens with zero attached hydrogens (tertiary/aromatic N) is 3. The molecule has 0 unspecified atom stereocenters. The van der Waals surface area contributed by atoms with E-state index < -0.39 is 0 Å². The van der Waals surface area contributed by atoms with Gasteiger partial charge >= 0.3 is 0 Å². The van der Waals surface area contributed by atoms with Crippen molar-refractivity contribution in [1.82, 2.24) is 20.2 Å². The Balaban J connectivity index is 0.000000226. The number of anilines is 2. The van der Waals surface area contributed by atoms with Crippen LogP contribution in [0, 0.1) is 0 Å². The predicted molar refractivity (Wildman–Crippen MR) is 130 cm³/mol. The number of hydrogen-bond donors (Lipinski definition) is 3. The highest BCUT2D eigenvalue weighted by Crippen LogP contribution is 2.28. The minimum atomic E-state index is 0.0926. The zero-order chi connectivity index (χ0) is 23.2. The smallest absolute Gasteiger partial charge is 0.180 e. The molecule has 3 aromatic rings. The number of nitrogen functional groups attached to an aromatic ring is 2. The molecule has 0 aliphatic heterocycles. The van der Waals surface area contributed by atoms with Crippen LogP contribution in [0.1, 0.15) is 78.6 Å². The standard InChI is InChI=1S/C9H14N2.C7H12N2S.C7H12N2/c1-9(2,3)7-5-4-6-8(10)11-7;1-7(2,3)5-4-9-6(8)10-5;1-7(2,3)6-4-5-8-9-6/h4-6H,1-3H3,(H2,10,11);4H,1-3H3,(H2,8,9);4-5H,1-3H3,(H,8,9). The molecule has 0 bridgehead atoms. The highest BCUT2D eigenvalue weighted by atomic mass is 32.1. The van der Waals surface area contributed by atoms with E-state index in [0.29, 0.717) is 10.9 Å². The van der Waals surface area contributed by atoms with Crippen molar-refractivity contribution in [2.45, 2.75) is 78.6 Å². The molecule has 0 fully saturated rings. The summed E-state index contributed by atoms with van der Waals surface area (Å²) in [4.78, 5) is 9.44. The lowest BCUT2D eigenvalue weighted by molar-refractivity contribution is 0.567. The van der Waals surface area contributed by atoms with Gasteiger partial charge in [0, 0.05) is 39.5 Å². The molecule has 0 aliphatic carbocycles. The normalized spacial score (nSPS) is 11.8. The summed E-state index contributed by atoms with van der Waals surface area (Å²) in [5.41, 5.74) is 13.7. The van der Waals surface area contributed by atoms with Gasteiger partial charge in [0.1, 0.15) is 5.82 Å². The quantitative estimate of drug-likeness (QED) is 0.424. The van der Waals surface area contributed by atoms with Gasteiger partial charge in [-0.1, -0.05) is 68.4 Å². The maximum atomic E-state index is 5.54. The summed E-state index contributed by atoms with van der Waals surface area (Å²) >= 11 is 1.56. The summed E-state index contributed by atoms with van der Waals surface area (Å²) in [7, 11) is 0. The third-order valence-electron chi connectivity index (χ3n) is 4.11. The molecule has 0 saturated heterocycles. The average molecular weight is 431 g/mol. The second-order valence-electron chi connectivity index (χ2n) is 10.2. The van der Waals surface area contributed by atoms with Crippen molar-refractivity contribution in [3.63, 3.8) is 0 Å². The van der Waals surface area contributed by atoms with Crippen molar-refractivity contribution in [1.29, 1.82) is 0 Å². The van der Waals surface area contributed by atoms with Gasteiger partial charge < -0.3 is 11.5 Å². The fourth-order valence-corrected chi connectivity index (χ4v) is 2.92. The Morgan fingerprint density at radius 1 is 0.833 bits per heavy atom. The van der Waals surface area contributed by atoms with Gasteiger partial charge in [-0.3, -0.25) is 5.10 Å². The number of aromatic amines is 1. The van der Waals surface area contributed by atoms with Crippen molar-refractivity contribution >= 4 is 22.3 Å². The van der Waals surface area contributed by atoms with Crippen LogP contribution in [-0.2, 0) is 16.2 Å². The lowest BCUT2D eigenvalue weighted by Gasteiger charge is -2.17. The minimum absolute atomic E-state index is 0.0926. The number of hydrogen-bond acceptors (Lipinski definition) is 6. The first-order chi connectivity index (χ1) is 13.6. The third kappa shape index (κ3) is 8.95. The maximum Gasteiger partial charge on any atom is 0.180 e. The molecule has 30 heavy (non-hydrogen) atoms. The van der Waals surface area contributed by atoms with Gasteiger partial charge in [-0.15, -0.1) is 11.3 Å². The molecule has 7 heteroatoms. The lowest BCUT2D eigenvalue weighted by atomic mass is 9.92. The molecule has 0 aromatic carbocycles. The van der Waals surface area contributed by atoms with Crippen LogP contribution in [0.15, 0.2) is 36.7 Å². The molecule has 5 N–H and O–H groups in total. The second kappa shape index (κ2) is 10.1. The molecule has 0 radical (unpaired) electrons. The number of nitrogens with two attached hydrogens (primary N) is 2. The molecule has 0 aliphatic rings. The summed E-state index contributed by atoms with van der Waals surface area (Å²) < 4.78 is 0. The molecule has 0 saturated carbocycles. The fourth-order valence-electron chi connectivity index (χ4n) is 2.18. The third-order valence-corrected chi connectivity index (χ3v) is 5.36. The zero-order valence-electron chi connectivity index (χ0n) is 19.9. The van der Waals surface area contributed by atoms with Crippen LogP contribution in [0.2, 0.25) is 0 Å². The molecular formula is C23H38N6S. The SMILES string of the molecule is CC(C)(C)c1cccc(N)n1.CC(C)(C)c1ccn[nH]1.CC(C)(C)c1cnc(N)s1. The molecule has 6 nitrogen and oxygen atoms in total. The Morgan fingerprint density at radius 2 is 1.47 bits per heavy atom. The van der Waals surface area contributed by atoms with Gasteiger partial charge in [-0.05, 0) is 23.6 Å². The van der Waals surface area contributed by atoms with Crippen LogP contribution in [0.3, 0.4) is 0 Å². The number of pyridine rings is 1. The van der Waals surface area contributed by atoms with E-state index in [0.717, 1.165) is 5.69 Å². The molecule has 0 spiro atoms. The van der Waals surface area contributed by atoms with Crippen molar-refractivity contribution in [2.24, 2.45) is 0 Å². The summed E-state index contributed by atoms with van der Waals surface area (Å²) in [6, 6.07) is 7.73. The highest BCUT2D eigenvalue weighted by Gasteiger charge is 2.16. The van der Waals surface area contributed by atoms with Crippen LogP contribution < -0.4 is 11.5 Å². The van der Waals surface area contributed by atoms with Gasteiger partial charge in [0.2, 0.25) is 0 Å². The van der Waals surface area contributed by atoms with Crippen LogP contribution in [0.4, 0.5) is 10.9 Å². The van der Waals surface area contributed by atoms with Crippen molar-refractivity contribution in [2.75, 3.05) is 11.5 Å². The Bertz CT molecular complexity index is 878. The Kier molecular flexibility index (Phi) is 8.60. The van der Waals surface area contributed by atoms with E-state index in [1.54, 1.807) is 23.6 Å². The molecule has 166 valence electrons. The van der Waals surface area contributed by atoms with E-state index in [9.17, 15) is 0 Å². The first-order valence-electron chi connectivity index (χ1n) is 10.1. The molecule has 3 rings (SSSR count). The van der Waals surface area contributed by atoms with Crippen molar-refractivity contribution < 1.29 is 0 Å². The number of aromatic nitrogens is 4. The summed E-state index contributed by atoms with van der Waals surface area (Å²) in [5.74, 6) is 0.595. The van der Waals surface area contributed by atoms with Crippen molar-refractivity contribution in [3.05, 3.63) is 52.9 Å². The van der Waals surface area contributed by atoms with E-state index in [4.69, 9.17) is 11.5 Å². The van der Waals surface area contributed by atoms with Gasteiger partial charge in [-0.25, -0.2) is 9.97 Å². The van der Waals surface area contributed by atoms with E-state index in [1.165, 1.54) is 10.6 Å². The molecular weight excluding hydrogens is 392 g/mol. The Labute approximate surface area is 185 Å². The van der Waals surface area contributed by atoms with Gasteiger partial charge in [0.25, 0.3) is 0 Å². The zero-order valence-corrected chi connectivity index (χ0v) is 20.7. The van der Waals surface area contributed by atoms with Crippen LogP contribution in [0.25, 0.3) is 0 Å². The number of nitrogens with one attached hydrogen (secondary N) is 1. The second-order valence-corrected chi connectivity index (χ2v) is 11.3. The molecule has 0 atom stereocenters. The van der Waals surface area contributed by atoms with E-state index >= 15 is 0 Å². The summed E-state index contributed by atoms with van der Waals surface area (Å²) in [6.45, 7) is 19.3. The Morgan fingerprint density at radius 3 is 1.73 bits per heavy atom. The highest BCUT2D eigenvalue weighted by molar-refractivity contribution is 7.15. The number of H-pyrrole nitrogens is 1. The monoisotopic (exact) mass is 430 g/mol. The number of thiazole rings is 1. The van der Waals surface area contributed by atoms with Crippen LogP contribution in [-0.4, -0.2) is 20.2 Å². The van der Waals surface area contributed by atoms with E-state index in [-0.39, 0.29) is 16.2 Å². The predicted octanol–water partition coefficient (Wildman–Crippen LogP) is 5.69. The molecule has 3 aromatic heterocycles. The first-order valence-corrected chi connectivity index (χ1v) is 10.9. The number of rotatable bonds is 0. The average Bonchev–Trinajstić information content (AvgIpc) is 3.25. The van der Waals surface area contributed by atoms with E-state index in [2.05, 4.69) is 82.5 Å².